The third-order valence-corrected chi connectivity index (χ3v) is 11.6. The molecule has 0 aromatic carbocycles. The number of hydrogen-bond donors (Lipinski definition) is 2. The van der Waals surface area contributed by atoms with E-state index in [2.05, 4.69) is 62.3 Å². The van der Waals surface area contributed by atoms with Crippen molar-refractivity contribution in [2.24, 2.45) is 8.73 Å². The zero-order valence-corrected chi connectivity index (χ0v) is 40.7. The summed E-state index contributed by atoms with van der Waals surface area (Å²) >= 11 is 6.21. The zero-order valence-electron chi connectivity index (χ0n) is 38.3. The van der Waals surface area contributed by atoms with E-state index in [-0.39, 0.29) is 40.9 Å². The van der Waals surface area contributed by atoms with Crippen LogP contribution in [0.4, 0.5) is 23.3 Å². The average molecular weight is 963 g/mol. The fraction of sp³-hybridized carbons (Fsp3) is 0.463. The van der Waals surface area contributed by atoms with Crippen molar-refractivity contribution in [1.82, 2.24) is 39.9 Å². The van der Waals surface area contributed by atoms with Crippen LogP contribution in [-0.2, 0) is 42.6 Å². The van der Waals surface area contributed by atoms with Crippen molar-refractivity contribution in [1.29, 1.82) is 0 Å². The van der Waals surface area contributed by atoms with Gasteiger partial charge >= 0.3 is 21.4 Å². The molecule has 0 unspecified atom stereocenters. The zero-order chi connectivity index (χ0) is 46.6. The Hall–Kier alpha value is -4.68. The number of fused-ring (bicyclic) bond motifs is 2. The lowest BCUT2D eigenvalue weighted by Crippen LogP contribution is -2.44. The molecule has 3 saturated heterocycles. The van der Waals surface area contributed by atoms with Crippen LogP contribution in [0.1, 0.15) is 27.0 Å². The normalized spacial score (nSPS) is 18.0. The fourth-order valence-corrected chi connectivity index (χ4v) is 8.79. The Morgan fingerprint density at radius 2 is 1.09 bits per heavy atom. The van der Waals surface area contributed by atoms with Gasteiger partial charge in [0.15, 0.2) is 23.3 Å². The topological polar surface area (TPSA) is 220 Å². The number of aromatic nitrogens is 8. The Bertz CT molecular complexity index is 2690. The molecule has 19 nitrogen and oxygen atoms in total. The highest BCUT2D eigenvalue weighted by molar-refractivity contribution is 7.92. The van der Waals surface area contributed by atoms with Crippen molar-refractivity contribution in [2.75, 3.05) is 74.3 Å². The Morgan fingerprint density at radius 1 is 0.667 bits per heavy atom. The number of anilines is 2. The van der Waals surface area contributed by atoms with Gasteiger partial charge in [0.2, 0.25) is 0 Å². The summed E-state index contributed by atoms with van der Waals surface area (Å²) in [5.74, 6) is 3.31. The minimum atomic E-state index is -2.38. The molecule has 0 spiro atoms. The van der Waals surface area contributed by atoms with Crippen LogP contribution in [0.5, 0.6) is 0 Å². The number of ether oxygens (including phenoxy) is 2. The molecule has 66 heavy (non-hydrogen) atoms. The third kappa shape index (κ3) is 13.3. The van der Waals surface area contributed by atoms with Gasteiger partial charge in [-0.15, -0.1) is 0 Å². The van der Waals surface area contributed by atoms with Gasteiger partial charge in [0.05, 0.1) is 38.5 Å². The summed E-state index contributed by atoms with van der Waals surface area (Å²) in [6.45, 7) is 15.7. The van der Waals surface area contributed by atoms with Crippen molar-refractivity contribution in [3.8, 4) is 22.8 Å². The molecule has 3 aliphatic heterocycles. The first-order valence-corrected chi connectivity index (χ1v) is 26.2. The molecule has 9 heterocycles. The molecule has 0 amide bonds. The molecule has 3 fully saturated rings. The molecule has 6 aromatic heterocycles. The second-order valence-corrected chi connectivity index (χ2v) is 22.0. The first kappa shape index (κ1) is 50.7. The van der Waals surface area contributed by atoms with Gasteiger partial charge < -0.3 is 43.0 Å². The largest absolute Gasteiger partial charge is 0.453 e. The van der Waals surface area contributed by atoms with Gasteiger partial charge in [-0.05, 0) is 65.5 Å². The number of pyridine rings is 2. The summed E-state index contributed by atoms with van der Waals surface area (Å²) in [6.07, 6.45) is 10.0. The van der Waals surface area contributed by atoms with Crippen LogP contribution >= 0.6 is 11.6 Å². The fourth-order valence-electron chi connectivity index (χ4n) is 7.51. The van der Waals surface area contributed by atoms with Gasteiger partial charge in [-0.25, -0.2) is 38.3 Å². The predicted molar refractivity (Wildman–Crippen MR) is 268 cm³/mol. The molecule has 2 N–H and O–H groups in total. The SMILES string of the molecule is C.CB1OB(C)OB(C)O1.C[C@@H]1COCCN1c1cc(N=S(C)(C)=O)nc(-c2cc(Cl)nc3[nH]ccc23)n1.Cc1cc(-c2nc(N=S(C)(C)=O)cc(N3CCOC[C@H]3C)n2)c2cc[nH]c2n1. The van der Waals surface area contributed by atoms with Crippen molar-refractivity contribution in [3.05, 3.63) is 59.6 Å². The summed E-state index contributed by atoms with van der Waals surface area (Å²) in [5.41, 5.74) is 3.93. The first-order valence-electron chi connectivity index (χ1n) is 21.1. The number of nitrogens with one attached hydrogen (secondary N) is 2. The number of H-pyrrole nitrogens is 2. The minimum absolute atomic E-state index is 0. The van der Waals surface area contributed by atoms with Crippen molar-refractivity contribution < 1.29 is 31.6 Å². The number of aryl methyl sites for hydroxylation is 1. The number of aromatic amines is 2. The molecular formula is C41H58B3ClN12O7S2. The lowest BCUT2D eigenvalue weighted by molar-refractivity contribution is 0.0985. The van der Waals surface area contributed by atoms with E-state index in [0.717, 1.165) is 51.4 Å². The number of rotatable bonds is 6. The second kappa shape index (κ2) is 21.5. The first-order chi connectivity index (χ1) is 30.8. The van der Waals surface area contributed by atoms with E-state index in [1.807, 2.05) is 51.8 Å². The summed E-state index contributed by atoms with van der Waals surface area (Å²) in [7, 11) is -5.14. The van der Waals surface area contributed by atoms with Gasteiger partial charge in [-0.3, -0.25) is 0 Å². The summed E-state index contributed by atoms with van der Waals surface area (Å²) in [4.78, 5) is 38.2. The molecule has 0 saturated carbocycles. The lowest BCUT2D eigenvalue weighted by Gasteiger charge is -2.34. The summed E-state index contributed by atoms with van der Waals surface area (Å²) < 4.78 is 59.7. The van der Waals surface area contributed by atoms with Crippen LogP contribution in [0.15, 0.2) is 57.5 Å². The van der Waals surface area contributed by atoms with Crippen LogP contribution < -0.4 is 9.80 Å². The molecule has 352 valence electrons. The molecule has 6 aromatic rings. The molecule has 3 aliphatic rings. The Kier molecular flexibility index (Phi) is 16.5. The molecule has 2 atom stereocenters. The molecule has 25 heteroatoms. The molecular weight excluding hydrogens is 905 g/mol. The van der Waals surface area contributed by atoms with E-state index >= 15 is 0 Å². The maximum Gasteiger partial charge on any atom is 0.426 e. The highest BCUT2D eigenvalue weighted by Gasteiger charge is 2.31. The quantitative estimate of drug-likeness (QED) is 0.124. The maximum atomic E-state index is 12.3. The molecule has 9 rings (SSSR count). The van der Waals surface area contributed by atoms with Gasteiger partial charge in [-0.2, -0.15) is 8.73 Å². The van der Waals surface area contributed by atoms with E-state index in [0.29, 0.717) is 67.1 Å². The molecule has 0 aliphatic carbocycles. The van der Waals surface area contributed by atoms with Crippen molar-refractivity contribution in [2.45, 2.75) is 60.8 Å². The van der Waals surface area contributed by atoms with Gasteiger partial charge in [0.25, 0.3) is 0 Å². The number of hydrogen-bond acceptors (Lipinski definition) is 17. The van der Waals surface area contributed by atoms with Gasteiger partial charge in [0, 0.05) is 110 Å². The van der Waals surface area contributed by atoms with Crippen molar-refractivity contribution in [3.63, 3.8) is 0 Å². The van der Waals surface area contributed by atoms with Crippen LogP contribution in [0.3, 0.4) is 0 Å². The lowest BCUT2D eigenvalue weighted by atomic mass is 9.74. The van der Waals surface area contributed by atoms with Crippen molar-refractivity contribution >= 4 is 97.8 Å². The van der Waals surface area contributed by atoms with Crippen LogP contribution in [0.2, 0.25) is 25.6 Å². The molecule has 0 bridgehead atoms. The van der Waals surface area contributed by atoms with E-state index in [1.165, 1.54) is 0 Å². The van der Waals surface area contributed by atoms with Crippen LogP contribution in [-0.4, -0.2) is 146 Å². The highest BCUT2D eigenvalue weighted by Crippen LogP contribution is 2.33. The Morgan fingerprint density at radius 3 is 1.52 bits per heavy atom. The Labute approximate surface area is 393 Å². The number of halogens is 1. The van der Waals surface area contributed by atoms with Crippen LogP contribution in [0, 0.1) is 6.92 Å². The van der Waals surface area contributed by atoms with E-state index in [4.69, 9.17) is 44.8 Å². The average Bonchev–Trinajstić information content (AvgIpc) is 3.89. The molecule has 0 radical (unpaired) electrons. The van der Waals surface area contributed by atoms with Gasteiger partial charge in [-0.1, -0.05) is 19.0 Å². The predicted octanol–water partition coefficient (Wildman–Crippen LogP) is 7.21. The number of morpholine rings is 2. The standard InChI is InChI=1S/C19H24N6O2S.C18H21ClN6O2S.C3H9B3O3.CH4/c1-12-9-15(14-5-6-20-18(14)21-12)19-22-16(24-28(3,4)26)10-17(23-19)25-7-8-27-11-13(25)2;1-11-10-27-7-6-25(11)16-9-15(24-28(2,3)26)22-18(23-16)13-8-14(19)21-17-12(13)4-5-20-17;1-4-7-5(2)9-6(3)8-4;/h5-6,9-10,13H,7-8,11H2,1-4H3,(H,20,21);4-5,8-9,11H,6-7,10H2,1-3H3,(H,20,21);1-3H3;1H4/t13-;11-;;/m11../s1. The van der Waals surface area contributed by atoms with Crippen LogP contribution in [0.25, 0.3) is 44.8 Å². The Balaban J connectivity index is 0.000000182. The minimum Gasteiger partial charge on any atom is -0.453 e. The van der Waals surface area contributed by atoms with E-state index in [9.17, 15) is 8.42 Å². The maximum absolute atomic E-state index is 12.3. The summed E-state index contributed by atoms with van der Waals surface area (Å²) in [5, 5.41) is 2.14. The second-order valence-electron chi connectivity index (χ2n) is 16.5. The number of nitrogens with zero attached hydrogens (tertiary/aromatic N) is 10. The van der Waals surface area contributed by atoms with Gasteiger partial charge in [0.1, 0.15) is 28.1 Å². The summed E-state index contributed by atoms with van der Waals surface area (Å²) in [6, 6.07) is 11.5. The smallest absolute Gasteiger partial charge is 0.426 e. The monoisotopic (exact) mass is 962 g/mol. The highest BCUT2D eigenvalue weighted by atomic mass is 35.5. The van der Waals surface area contributed by atoms with E-state index in [1.54, 1.807) is 49.4 Å². The van der Waals surface area contributed by atoms with E-state index < -0.39 is 19.5 Å². The third-order valence-electron chi connectivity index (χ3n) is 10.1.